The van der Waals surface area contributed by atoms with Gasteiger partial charge >= 0.3 is 0 Å². The summed E-state index contributed by atoms with van der Waals surface area (Å²) in [5.74, 6) is 0.423. The van der Waals surface area contributed by atoms with E-state index < -0.39 is 10.0 Å². The van der Waals surface area contributed by atoms with Crippen molar-refractivity contribution in [3.63, 3.8) is 0 Å². The fourth-order valence-electron chi connectivity index (χ4n) is 3.04. The third-order valence-electron chi connectivity index (χ3n) is 4.70. The van der Waals surface area contributed by atoms with E-state index in [2.05, 4.69) is 10.0 Å². The lowest BCUT2D eigenvalue weighted by atomic mass is 10.1. The average Bonchev–Trinajstić information content (AvgIpc) is 3.54. The van der Waals surface area contributed by atoms with Crippen LogP contribution in [0.5, 0.6) is 5.75 Å². The predicted octanol–water partition coefficient (Wildman–Crippen LogP) is 3.09. The van der Waals surface area contributed by atoms with Crippen LogP contribution in [-0.4, -0.2) is 33.5 Å². The number of hydrogen-bond donors (Lipinski definition) is 2. The summed E-state index contributed by atoms with van der Waals surface area (Å²) in [5.41, 5.74) is 0.300. The Labute approximate surface area is 169 Å². The number of sulfonamides is 1. The molecule has 3 aromatic rings. The Morgan fingerprint density at radius 2 is 1.76 bits per heavy atom. The molecule has 29 heavy (non-hydrogen) atoms. The average molecular weight is 410 g/mol. The second-order valence-corrected chi connectivity index (χ2v) is 8.72. The largest absolute Gasteiger partial charge is 0.491 e. The minimum absolute atomic E-state index is 0.0173. The van der Waals surface area contributed by atoms with Crippen molar-refractivity contribution in [1.82, 2.24) is 10.0 Å². The van der Waals surface area contributed by atoms with Crippen LogP contribution in [0.2, 0.25) is 0 Å². The number of benzene rings is 3. The Kier molecular flexibility index (Phi) is 5.51. The highest BCUT2D eigenvalue weighted by Gasteiger charge is 2.28. The molecule has 0 atom stereocenters. The minimum Gasteiger partial charge on any atom is -0.491 e. The quantitative estimate of drug-likeness (QED) is 0.559. The molecule has 1 saturated carbocycles. The van der Waals surface area contributed by atoms with Crippen LogP contribution in [0.3, 0.4) is 0 Å². The van der Waals surface area contributed by atoms with E-state index in [-0.39, 0.29) is 16.8 Å². The summed E-state index contributed by atoms with van der Waals surface area (Å²) in [5, 5.41) is 4.88. The van der Waals surface area contributed by atoms with Crippen molar-refractivity contribution < 1.29 is 17.9 Å². The number of ether oxygens (including phenoxy) is 1. The van der Waals surface area contributed by atoms with E-state index in [4.69, 9.17) is 4.74 Å². The third-order valence-corrected chi connectivity index (χ3v) is 6.22. The van der Waals surface area contributed by atoms with Gasteiger partial charge < -0.3 is 10.1 Å². The van der Waals surface area contributed by atoms with Crippen LogP contribution >= 0.6 is 0 Å². The van der Waals surface area contributed by atoms with Gasteiger partial charge in [-0.1, -0.05) is 42.5 Å². The fraction of sp³-hybridized carbons (Fsp3) is 0.227. The van der Waals surface area contributed by atoms with Gasteiger partial charge in [0, 0.05) is 17.0 Å². The predicted molar refractivity (Wildman–Crippen MR) is 112 cm³/mol. The van der Waals surface area contributed by atoms with Crippen LogP contribution in [0.4, 0.5) is 0 Å². The zero-order chi connectivity index (χ0) is 20.3. The number of fused-ring (bicyclic) bond motifs is 1. The lowest BCUT2D eigenvalue weighted by Gasteiger charge is -2.11. The van der Waals surface area contributed by atoms with Crippen LogP contribution in [0.1, 0.15) is 23.2 Å². The molecule has 150 valence electrons. The van der Waals surface area contributed by atoms with Crippen molar-refractivity contribution in [2.45, 2.75) is 23.8 Å². The molecule has 0 bridgehead atoms. The summed E-state index contributed by atoms with van der Waals surface area (Å²) in [6.45, 7) is 0.611. The van der Waals surface area contributed by atoms with Crippen molar-refractivity contribution in [1.29, 1.82) is 0 Å². The first kappa shape index (κ1) is 19.4. The Morgan fingerprint density at radius 3 is 2.59 bits per heavy atom. The molecule has 0 unspecified atom stereocenters. The van der Waals surface area contributed by atoms with Gasteiger partial charge in [-0.25, -0.2) is 13.1 Å². The molecule has 0 heterocycles. The highest BCUT2D eigenvalue weighted by Crippen LogP contribution is 2.25. The van der Waals surface area contributed by atoms with Gasteiger partial charge in [0.25, 0.3) is 5.91 Å². The van der Waals surface area contributed by atoms with E-state index in [9.17, 15) is 13.2 Å². The van der Waals surface area contributed by atoms with E-state index in [1.165, 1.54) is 12.1 Å². The summed E-state index contributed by atoms with van der Waals surface area (Å²) in [6, 6.07) is 19.8. The van der Waals surface area contributed by atoms with Gasteiger partial charge in [-0.2, -0.15) is 0 Å². The summed E-state index contributed by atoms with van der Waals surface area (Å²) < 4.78 is 33.1. The second-order valence-electron chi connectivity index (χ2n) is 7.01. The molecule has 1 fully saturated rings. The van der Waals surface area contributed by atoms with Crippen LogP contribution < -0.4 is 14.8 Å². The van der Waals surface area contributed by atoms with Gasteiger partial charge in [-0.05, 0) is 42.5 Å². The molecule has 0 spiro atoms. The standard InChI is InChI=1S/C22H22N2O4S/c25-22(17-7-3-8-19(15-17)29(26,27)24-18-11-12-18)23-13-14-28-21-10-4-6-16-5-1-2-9-20(16)21/h1-10,15,18,24H,11-14H2,(H,23,25). The van der Waals surface area contributed by atoms with Crippen LogP contribution in [0, 0.1) is 0 Å². The van der Waals surface area contributed by atoms with Crippen LogP contribution in [0.15, 0.2) is 71.6 Å². The lowest BCUT2D eigenvalue weighted by molar-refractivity contribution is 0.0947. The highest BCUT2D eigenvalue weighted by atomic mass is 32.2. The number of nitrogens with one attached hydrogen (secondary N) is 2. The number of hydrogen-bond acceptors (Lipinski definition) is 4. The maximum absolute atomic E-state index is 12.4. The highest BCUT2D eigenvalue weighted by molar-refractivity contribution is 7.89. The van der Waals surface area contributed by atoms with Crippen molar-refractivity contribution in [3.05, 3.63) is 72.3 Å². The fourth-order valence-corrected chi connectivity index (χ4v) is 4.39. The summed E-state index contributed by atoms with van der Waals surface area (Å²) in [7, 11) is -3.59. The topological polar surface area (TPSA) is 84.5 Å². The SMILES string of the molecule is O=C(NCCOc1cccc2ccccc12)c1cccc(S(=O)(=O)NC2CC2)c1. The van der Waals surface area contributed by atoms with Gasteiger partial charge in [0.1, 0.15) is 12.4 Å². The van der Waals surface area contributed by atoms with Gasteiger partial charge in [0.05, 0.1) is 11.4 Å². The maximum atomic E-state index is 12.4. The Morgan fingerprint density at radius 1 is 1.00 bits per heavy atom. The number of rotatable bonds is 8. The van der Waals surface area contributed by atoms with E-state index in [0.717, 1.165) is 29.4 Å². The lowest BCUT2D eigenvalue weighted by Crippen LogP contribution is -2.29. The van der Waals surface area contributed by atoms with E-state index in [1.807, 2.05) is 42.5 Å². The van der Waals surface area contributed by atoms with Crippen molar-refractivity contribution >= 4 is 26.7 Å². The maximum Gasteiger partial charge on any atom is 0.251 e. The zero-order valence-electron chi connectivity index (χ0n) is 15.8. The molecular formula is C22H22N2O4S. The molecule has 2 N–H and O–H groups in total. The van der Waals surface area contributed by atoms with Gasteiger partial charge in [0.2, 0.25) is 10.0 Å². The van der Waals surface area contributed by atoms with Gasteiger partial charge in [-0.15, -0.1) is 0 Å². The molecule has 1 aliphatic carbocycles. The van der Waals surface area contributed by atoms with E-state index in [1.54, 1.807) is 12.1 Å². The molecule has 1 amide bonds. The molecule has 6 nitrogen and oxygen atoms in total. The molecule has 7 heteroatoms. The molecule has 0 saturated heterocycles. The van der Waals surface area contributed by atoms with Crippen molar-refractivity contribution in [2.75, 3.05) is 13.2 Å². The summed E-state index contributed by atoms with van der Waals surface area (Å²) in [4.78, 5) is 12.5. The van der Waals surface area contributed by atoms with Gasteiger partial charge in [-0.3, -0.25) is 4.79 Å². The van der Waals surface area contributed by atoms with Crippen molar-refractivity contribution in [3.8, 4) is 5.75 Å². The number of carbonyl (C=O) groups excluding carboxylic acids is 1. The molecule has 1 aliphatic rings. The number of carbonyl (C=O) groups is 1. The molecule has 3 aromatic carbocycles. The molecule has 4 rings (SSSR count). The first-order valence-corrected chi connectivity index (χ1v) is 11.0. The Bertz CT molecular complexity index is 1140. The smallest absolute Gasteiger partial charge is 0.251 e. The second kappa shape index (κ2) is 8.23. The van der Waals surface area contributed by atoms with Crippen molar-refractivity contribution in [2.24, 2.45) is 0 Å². The third kappa shape index (κ3) is 4.75. The molecule has 0 aromatic heterocycles. The minimum atomic E-state index is -3.59. The summed E-state index contributed by atoms with van der Waals surface area (Å²) >= 11 is 0. The van der Waals surface area contributed by atoms with Gasteiger partial charge in [0.15, 0.2) is 0 Å². The zero-order valence-corrected chi connectivity index (χ0v) is 16.6. The van der Waals surface area contributed by atoms with E-state index >= 15 is 0 Å². The normalized spacial score (nSPS) is 13.9. The first-order valence-electron chi connectivity index (χ1n) is 9.54. The summed E-state index contributed by atoms with van der Waals surface area (Å²) in [6.07, 6.45) is 1.71. The van der Waals surface area contributed by atoms with Crippen LogP contribution in [0.25, 0.3) is 10.8 Å². The number of amides is 1. The molecule has 0 radical (unpaired) electrons. The molecular weight excluding hydrogens is 388 g/mol. The Balaban J connectivity index is 1.34. The van der Waals surface area contributed by atoms with Crippen LogP contribution in [-0.2, 0) is 10.0 Å². The van der Waals surface area contributed by atoms with E-state index in [0.29, 0.717) is 18.7 Å². The molecule has 0 aliphatic heterocycles. The Hall–Kier alpha value is -2.90. The monoisotopic (exact) mass is 410 g/mol. The first-order chi connectivity index (χ1) is 14.0.